The molecule has 1 aliphatic rings. The van der Waals surface area contributed by atoms with Crippen LogP contribution in [0.5, 0.6) is 0 Å². The van der Waals surface area contributed by atoms with Gasteiger partial charge in [-0.15, -0.1) is 0 Å². The van der Waals surface area contributed by atoms with Crippen LogP contribution in [0.2, 0.25) is 0 Å². The van der Waals surface area contributed by atoms with Crippen molar-refractivity contribution in [3.63, 3.8) is 0 Å². The van der Waals surface area contributed by atoms with Gasteiger partial charge in [-0.2, -0.15) is 10.2 Å². The molecule has 0 bridgehead atoms. The smallest absolute Gasteiger partial charge is 0.137 e. The van der Waals surface area contributed by atoms with E-state index in [4.69, 9.17) is 4.98 Å². The highest BCUT2D eigenvalue weighted by atomic mass is 15.2. The summed E-state index contributed by atoms with van der Waals surface area (Å²) in [6.45, 7) is 6.92. The molecule has 0 spiro atoms. The number of nitrogens with one attached hydrogen (secondary N) is 2. The van der Waals surface area contributed by atoms with E-state index in [1.54, 1.807) is 4.68 Å². The predicted octanol–water partition coefficient (Wildman–Crippen LogP) is 3.96. The third-order valence-electron chi connectivity index (χ3n) is 6.48. The maximum absolute atomic E-state index is 4.72. The van der Waals surface area contributed by atoms with Gasteiger partial charge in [-0.05, 0) is 30.8 Å². The number of piperazine rings is 1. The maximum Gasteiger partial charge on any atom is 0.137 e. The molecule has 0 unspecified atom stereocenters. The van der Waals surface area contributed by atoms with Gasteiger partial charge in [0.2, 0.25) is 0 Å². The minimum Gasteiger partial charge on any atom is -0.386 e. The summed E-state index contributed by atoms with van der Waals surface area (Å²) in [5, 5.41) is 13.5. The van der Waals surface area contributed by atoms with E-state index in [0.29, 0.717) is 0 Å². The van der Waals surface area contributed by atoms with Crippen molar-refractivity contribution in [3.05, 3.63) is 79.3 Å². The molecule has 0 atom stereocenters. The molecule has 172 valence electrons. The zero-order chi connectivity index (χ0) is 23.2. The van der Waals surface area contributed by atoms with Gasteiger partial charge in [-0.25, -0.2) is 9.50 Å². The Morgan fingerprint density at radius 2 is 2.03 bits per heavy atom. The predicted molar refractivity (Wildman–Crippen MR) is 137 cm³/mol. The first-order valence-corrected chi connectivity index (χ1v) is 11.3. The van der Waals surface area contributed by atoms with E-state index in [2.05, 4.69) is 57.2 Å². The van der Waals surface area contributed by atoms with Crippen molar-refractivity contribution in [2.75, 3.05) is 26.7 Å². The van der Waals surface area contributed by atoms with Crippen LogP contribution < -0.4 is 5.32 Å². The zero-order valence-electron chi connectivity index (χ0n) is 19.3. The van der Waals surface area contributed by atoms with Gasteiger partial charge in [0.15, 0.2) is 0 Å². The number of rotatable bonds is 4. The summed E-state index contributed by atoms with van der Waals surface area (Å²) in [4.78, 5) is 10.4. The van der Waals surface area contributed by atoms with E-state index in [1.165, 1.54) is 5.70 Å². The van der Waals surface area contributed by atoms with Gasteiger partial charge < -0.3 is 10.3 Å². The van der Waals surface area contributed by atoms with Gasteiger partial charge >= 0.3 is 0 Å². The standard InChI is InChI=1S/C26H26N8.H2/c1-4-20(24-16-32(2)8-6-27-24)18-9-21-22(13-29-26(21)28-11-18)17-5-7-34-25(10-17)23(14-31-34)19-12-30-33(3)15-19;/h4-5,7,9-15,27H,1,6,8,16H2,2-3H3,(H,28,29);1H/b24-20+;. The Kier molecular flexibility index (Phi) is 4.81. The second-order valence-corrected chi connectivity index (χ2v) is 8.79. The SMILES string of the molecule is C=C/C(=C1/CN(C)CCN1)c1cnc2[nH]cc(-c3ccn4ncc(-c5cnn(C)c5)c4c3)c2c1.[HH]. The minimum atomic E-state index is 0. The Hall–Kier alpha value is -4.17. The molecule has 0 radical (unpaired) electrons. The van der Waals surface area contributed by atoms with Gasteiger partial charge in [-0.3, -0.25) is 9.58 Å². The van der Waals surface area contributed by atoms with E-state index >= 15 is 0 Å². The Bertz CT molecular complexity index is 1570. The molecule has 6 rings (SSSR count). The number of nitrogens with zero attached hydrogens (tertiary/aromatic N) is 6. The number of aromatic amines is 1. The Labute approximate surface area is 198 Å². The average Bonchev–Trinajstić information content (AvgIpc) is 3.57. The molecular formula is C26H28N8. The molecule has 6 heterocycles. The molecule has 1 fully saturated rings. The molecule has 0 amide bonds. The van der Waals surface area contributed by atoms with Crippen molar-refractivity contribution < 1.29 is 1.43 Å². The van der Waals surface area contributed by atoms with Gasteiger partial charge in [0, 0.05) is 91.8 Å². The van der Waals surface area contributed by atoms with Crippen LogP contribution in [0.25, 0.3) is 44.4 Å². The summed E-state index contributed by atoms with van der Waals surface area (Å²) in [6, 6.07) is 6.47. The number of aromatic nitrogens is 6. The molecular weight excluding hydrogens is 424 g/mol. The lowest BCUT2D eigenvalue weighted by molar-refractivity contribution is 0.324. The van der Waals surface area contributed by atoms with Gasteiger partial charge in [-0.1, -0.05) is 12.7 Å². The quantitative estimate of drug-likeness (QED) is 0.432. The van der Waals surface area contributed by atoms with Crippen LogP contribution in [-0.4, -0.2) is 60.9 Å². The lowest BCUT2D eigenvalue weighted by atomic mass is 10.00. The van der Waals surface area contributed by atoms with Crippen LogP contribution in [0.3, 0.4) is 0 Å². The van der Waals surface area contributed by atoms with Crippen molar-refractivity contribution >= 4 is 22.1 Å². The number of fused-ring (bicyclic) bond motifs is 2. The molecule has 34 heavy (non-hydrogen) atoms. The average molecular weight is 453 g/mol. The van der Waals surface area contributed by atoms with Crippen LogP contribution in [0.15, 0.2) is 73.7 Å². The van der Waals surface area contributed by atoms with Crippen LogP contribution in [-0.2, 0) is 7.05 Å². The van der Waals surface area contributed by atoms with E-state index in [9.17, 15) is 0 Å². The van der Waals surface area contributed by atoms with E-state index in [-0.39, 0.29) is 1.43 Å². The first-order chi connectivity index (χ1) is 16.6. The topological polar surface area (TPSA) is 79.1 Å². The molecule has 0 aliphatic carbocycles. The molecule has 8 nitrogen and oxygen atoms in total. The molecule has 1 aliphatic heterocycles. The zero-order valence-corrected chi connectivity index (χ0v) is 19.3. The molecule has 0 saturated carbocycles. The highest BCUT2D eigenvalue weighted by Gasteiger charge is 2.17. The van der Waals surface area contributed by atoms with E-state index in [0.717, 1.165) is 69.6 Å². The lowest BCUT2D eigenvalue weighted by Crippen LogP contribution is -2.40. The monoisotopic (exact) mass is 452 g/mol. The molecule has 5 aromatic rings. The Morgan fingerprint density at radius 3 is 2.82 bits per heavy atom. The van der Waals surface area contributed by atoms with Crippen molar-refractivity contribution in [1.82, 2.24) is 39.6 Å². The Balaban J connectivity index is 0.00000253. The van der Waals surface area contributed by atoms with E-state index in [1.807, 2.05) is 54.8 Å². The van der Waals surface area contributed by atoms with Crippen molar-refractivity contribution in [2.24, 2.45) is 7.05 Å². The molecule has 0 aromatic carbocycles. The molecule has 5 aromatic heterocycles. The van der Waals surface area contributed by atoms with Crippen LogP contribution in [0.4, 0.5) is 0 Å². The summed E-state index contributed by atoms with van der Waals surface area (Å²) in [5.74, 6) is 0. The number of H-pyrrole nitrogens is 1. The summed E-state index contributed by atoms with van der Waals surface area (Å²) < 4.78 is 3.70. The summed E-state index contributed by atoms with van der Waals surface area (Å²) in [6.07, 6.45) is 13.6. The molecule has 8 heteroatoms. The summed E-state index contributed by atoms with van der Waals surface area (Å²) >= 11 is 0. The fraction of sp³-hybridized carbons (Fsp3) is 0.192. The van der Waals surface area contributed by atoms with Crippen LogP contribution in [0.1, 0.15) is 6.99 Å². The summed E-state index contributed by atoms with van der Waals surface area (Å²) in [7, 11) is 4.06. The third kappa shape index (κ3) is 3.39. The first kappa shape index (κ1) is 20.4. The number of hydrogen-bond donors (Lipinski definition) is 2. The second-order valence-electron chi connectivity index (χ2n) is 8.79. The second kappa shape index (κ2) is 8.00. The number of allylic oxidation sites excluding steroid dienone is 2. The van der Waals surface area contributed by atoms with Crippen molar-refractivity contribution in [3.8, 4) is 22.3 Å². The summed E-state index contributed by atoms with van der Waals surface area (Å²) in [5.41, 5.74) is 9.54. The third-order valence-corrected chi connectivity index (χ3v) is 6.48. The molecule has 2 N–H and O–H groups in total. The fourth-order valence-corrected chi connectivity index (χ4v) is 4.72. The van der Waals surface area contributed by atoms with Gasteiger partial charge in [0.05, 0.1) is 17.9 Å². The van der Waals surface area contributed by atoms with Gasteiger partial charge in [0.25, 0.3) is 0 Å². The first-order valence-electron chi connectivity index (χ1n) is 11.3. The van der Waals surface area contributed by atoms with Crippen molar-refractivity contribution in [1.29, 1.82) is 0 Å². The number of pyridine rings is 2. The number of likely N-dealkylation sites (N-methyl/N-ethyl adjacent to an activating group) is 1. The van der Waals surface area contributed by atoms with Crippen LogP contribution in [0, 0.1) is 0 Å². The minimum absolute atomic E-state index is 0. The highest BCUT2D eigenvalue weighted by molar-refractivity contribution is 5.97. The van der Waals surface area contributed by atoms with Crippen molar-refractivity contribution in [2.45, 2.75) is 0 Å². The van der Waals surface area contributed by atoms with E-state index < -0.39 is 0 Å². The van der Waals surface area contributed by atoms with Crippen LogP contribution >= 0.6 is 0 Å². The lowest BCUT2D eigenvalue weighted by Gasteiger charge is -2.28. The Morgan fingerprint density at radius 1 is 1.12 bits per heavy atom. The number of aryl methyl sites for hydroxylation is 1. The normalized spacial score (nSPS) is 16.2. The van der Waals surface area contributed by atoms with Gasteiger partial charge in [0.1, 0.15) is 5.65 Å². The largest absolute Gasteiger partial charge is 0.386 e. The molecule has 1 saturated heterocycles. The fourth-order valence-electron chi connectivity index (χ4n) is 4.72. The number of hydrogen-bond acceptors (Lipinski definition) is 5. The highest BCUT2D eigenvalue weighted by Crippen LogP contribution is 2.33. The maximum atomic E-state index is 4.72.